The third kappa shape index (κ3) is 2.96. The van der Waals surface area contributed by atoms with Crippen molar-refractivity contribution in [2.75, 3.05) is 0 Å². The molecule has 0 bridgehead atoms. The van der Waals surface area contributed by atoms with Crippen LogP contribution in [0.4, 0.5) is 5.69 Å². The molecule has 25 heavy (non-hydrogen) atoms. The van der Waals surface area contributed by atoms with Gasteiger partial charge in [0, 0.05) is 17.0 Å². The molecule has 1 N–H and O–H groups in total. The summed E-state index contributed by atoms with van der Waals surface area (Å²) in [6.45, 7) is 11.5. The van der Waals surface area contributed by atoms with Crippen molar-refractivity contribution >= 4 is 5.69 Å². The highest BCUT2D eigenvalue weighted by Gasteiger charge is 2.19. The van der Waals surface area contributed by atoms with E-state index < -0.39 is 0 Å². The quantitative estimate of drug-likeness (QED) is 0.727. The molecule has 3 aromatic rings. The first-order valence-electron chi connectivity index (χ1n) is 7.76. The van der Waals surface area contributed by atoms with E-state index >= 15 is 0 Å². The second-order valence-corrected chi connectivity index (χ2v) is 5.79. The van der Waals surface area contributed by atoms with Crippen molar-refractivity contribution in [3.63, 3.8) is 0 Å². The molecule has 0 aliphatic heterocycles. The second-order valence-electron chi connectivity index (χ2n) is 5.79. The summed E-state index contributed by atoms with van der Waals surface area (Å²) in [4.78, 5) is 7.64. The lowest BCUT2D eigenvalue weighted by molar-refractivity contribution is 0.472. The number of aromatic hydroxyl groups is 1. The molecule has 5 nitrogen and oxygen atoms in total. The minimum atomic E-state index is 0.128. The average molecular weight is 328 g/mol. The highest BCUT2D eigenvalue weighted by Crippen LogP contribution is 2.33. The lowest BCUT2D eigenvalue weighted by Crippen LogP contribution is -2.05. The fourth-order valence-electron chi connectivity index (χ4n) is 2.99. The van der Waals surface area contributed by atoms with Gasteiger partial charge in [-0.2, -0.15) is 5.26 Å². The Morgan fingerprint density at radius 3 is 2.44 bits per heavy atom. The molecule has 122 valence electrons. The SMILES string of the molecule is [C-]#[N+]c1ccc(-c2c(C#N)c(C)n(Cc3ccc(O)cn3)c2C)cc1. The van der Waals surface area contributed by atoms with E-state index in [1.165, 1.54) is 6.20 Å². The van der Waals surface area contributed by atoms with Gasteiger partial charge < -0.3 is 9.67 Å². The van der Waals surface area contributed by atoms with Crippen molar-refractivity contribution in [2.45, 2.75) is 20.4 Å². The van der Waals surface area contributed by atoms with Gasteiger partial charge in [0.2, 0.25) is 0 Å². The molecule has 0 atom stereocenters. The highest BCUT2D eigenvalue weighted by atomic mass is 16.3. The van der Waals surface area contributed by atoms with Crippen molar-refractivity contribution in [1.29, 1.82) is 5.26 Å². The van der Waals surface area contributed by atoms with Gasteiger partial charge in [0.15, 0.2) is 5.69 Å². The molecule has 3 rings (SSSR count). The highest BCUT2D eigenvalue weighted by molar-refractivity contribution is 5.76. The summed E-state index contributed by atoms with van der Waals surface area (Å²) < 4.78 is 2.05. The van der Waals surface area contributed by atoms with E-state index in [1.54, 1.807) is 24.3 Å². The molecular formula is C20H16N4O. The maximum absolute atomic E-state index is 9.64. The zero-order chi connectivity index (χ0) is 18.0. The van der Waals surface area contributed by atoms with E-state index in [2.05, 4.69) is 20.5 Å². The molecule has 0 saturated carbocycles. The van der Waals surface area contributed by atoms with E-state index in [9.17, 15) is 10.4 Å². The van der Waals surface area contributed by atoms with Crippen LogP contribution in [0.3, 0.4) is 0 Å². The molecule has 2 aromatic heterocycles. The Hall–Kier alpha value is -3.57. The summed E-state index contributed by atoms with van der Waals surface area (Å²) in [6.07, 6.45) is 1.42. The molecule has 0 spiro atoms. The predicted molar refractivity (Wildman–Crippen MR) is 95.3 cm³/mol. The normalized spacial score (nSPS) is 10.2. The van der Waals surface area contributed by atoms with Crippen LogP contribution in [-0.2, 0) is 6.54 Å². The van der Waals surface area contributed by atoms with Gasteiger partial charge >= 0.3 is 0 Å². The monoisotopic (exact) mass is 328 g/mol. The Bertz CT molecular complexity index is 1000. The molecule has 2 heterocycles. The van der Waals surface area contributed by atoms with Crippen LogP contribution in [0.5, 0.6) is 5.75 Å². The number of benzene rings is 1. The third-order valence-corrected chi connectivity index (χ3v) is 4.31. The number of pyridine rings is 1. The zero-order valence-electron chi connectivity index (χ0n) is 14.0. The average Bonchev–Trinajstić information content (AvgIpc) is 2.87. The van der Waals surface area contributed by atoms with Gasteiger partial charge in [-0.3, -0.25) is 4.98 Å². The number of nitriles is 1. The molecule has 0 saturated heterocycles. The Balaban J connectivity index is 2.09. The summed E-state index contributed by atoms with van der Waals surface area (Å²) in [5.41, 5.74) is 5.66. The molecule has 0 radical (unpaired) electrons. The van der Waals surface area contributed by atoms with Gasteiger partial charge in [-0.1, -0.05) is 24.3 Å². The first-order valence-corrected chi connectivity index (χ1v) is 7.76. The van der Waals surface area contributed by atoms with Crippen LogP contribution in [0.25, 0.3) is 16.0 Å². The molecule has 0 fully saturated rings. The maximum Gasteiger partial charge on any atom is 0.187 e. The largest absolute Gasteiger partial charge is 0.506 e. The van der Waals surface area contributed by atoms with Crippen molar-refractivity contribution < 1.29 is 5.11 Å². The van der Waals surface area contributed by atoms with E-state index in [0.29, 0.717) is 17.8 Å². The number of nitrogens with zero attached hydrogens (tertiary/aromatic N) is 4. The number of rotatable bonds is 3. The molecular weight excluding hydrogens is 312 g/mol. The molecule has 5 heteroatoms. The molecule has 0 aliphatic rings. The summed E-state index contributed by atoms with van der Waals surface area (Å²) in [7, 11) is 0. The van der Waals surface area contributed by atoms with Gasteiger partial charge in [0.1, 0.15) is 11.8 Å². The lowest BCUT2D eigenvalue weighted by atomic mass is 10.0. The summed E-state index contributed by atoms with van der Waals surface area (Å²) in [5, 5.41) is 19.0. The first kappa shape index (κ1) is 16.3. The van der Waals surface area contributed by atoms with E-state index in [-0.39, 0.29) is 5.75 Å². The van der Waals surface area contributed by atoms with Gasteiger partial charge in [-0.15, -0.1) is 0 Å². The first-order chi connectivity index (χ1) is 12.0. The van der Waals surface area contributed by atoms with Crippen LogP contribution in [0.1, 0.15) is 22.6 Å². The number of hydrogen-bond donors (Lipinski definition) is 1. The summed E-state index contributed by atoms with van der Waals surface area (Å²) in [5.74, 6) is 0.128. The molecule has 0 amide bonds. The van der Waals surface area contributed by atoms with Gasteiger partial charge in [-0.25, -0.2) is 4.85 Å². The zero-order valence-corrected chi connectivity index (χ0v) is 14.0. The minimum absolute atomic E-state index is 0.128. The van der Waals surface area contributed by atoms with Gasteiger partial charge in [0.05, 0.1) is 30.6 Å². The Morgan fingerprint density at radius 1 is 1.16 bits per heavy atom. The third-order valence-electron chi connectivity index (χ3n) is 4.31. The van der Waals surface area contributed by atoms with Crippen molar-refractivity contribution in [2.24, 2.45) is 0 Å². The van der Waals surface area contributed by atoms with Crippen LogP contribution >= 0.6 is 0 Å². The van der Waals surface area contributed by atoms with Crippen LogP contribution in [0.15, 0.2) is 42.6 Å². The molecule has 0 aliphatic carbocycles. The number of hydrogen-bond acceptors (Lipinski definition) is 3. The van der Waals surface area contributed by atoms with Crippen molar-refractivity contribution in [3.8, 4) is 22.9 Å². The summed E-state index contributed by atoms with van der Waals surface area (Å²) in [6, 6.07) is 12.9. The smallest absolute Gasteiger partial charge is 0.187 e. The van der Waals surface area contributed by atoms with E-state index in [1.807, 2.05) is 26.0 Å². The van der Waals surface area contributed by atoms with Gasteiger partial charge in [0.25, 0.3) is 0 Å². The number of aromatic nitrogens is 2. The van der Waals surface area contributed by atoms with Crippen LogP contribution in [0, 0.1) is 31.8 Å². The Kier molecular flexibility index (Phi) is 4.24. The molecule has 0 unspecified atom stereocenters. The fraction of sp³-hybridized carbons (Fsp3) is 0.150. The van der Waals surface area contributed by atoms with Crippen molar-refractivity contribution in [1.82, 2.24) is 9.55 Å². The Morgan fingerprint density at radius 2 is 1.88 bits per heavy atom. The minimum Gasteiger partial charge on any atom is -0.506 e. The van der Waals surface area contributed by atoms with Crippen LogP contribution in [-0.4, -0.2) is 14.7 Å². The standard InChI is InChI=1S/C20H16N4O/c1-13-19(10-21)20(15-4-6-16(22-3)7-5-15)14(2)24(13)12-17-8-9-18(25)11-23-17/h4-9,11,25H,12H2,1-2H3. The van der Waals surface area contributed by atoms with Crippen molar-refractivity contribution in [3.05, 3.63) is 76.7 Å². The van der Waals surface area contributed by atoms with E-state index in [4.69, 9.17) is 6.57 Å². The van der Waals surface area contributed by atoms with Gasteiger partial charge in [-0.05, 0) is 31.5 Å². The predicted octanol–water partition coefficient (Wildman–Crippen LogP) is 4.34. The molecule has 1 aromatic carbocycles. The second kappa shape index (κ2) is 6.51. The Labute approximate surface area is 146 Å². The fourth-order valence-corrected chi connectivity index (χ4v) is 2.99. The van der Waals surface area contributed by atoms with Crippen LogP contribution < -0.4 is 0 Å². The summed E-state index contributed by atoms with van der Waals surface area (Å²) >= 11 is 0. The topological polar surface area (TPSA) is 66.2 Å². The maximum atomic E-state index is 9.64. The van der Waals surface area contributed by atoms with Crippen LogP contribution in [0.2, 0.25) is 0 Å². The lowest BCUT2D eigenvalue weighted by Gasteiger charge is -2.09. The van der Waals surface area contributed by atoms with E-state index in [0.717, 1.165) is 28.2 Å².